The number of alkyl halides is 1. The van der Waals surface area contributed by atoms with Crippen LogP contribution < -0.4 is 10.6 Å². The summed E-state index contributed by atoms with van der Waals surface area (Å²) in [5.41, 5.74) is 7.93. The molecule has 4 aliphatic rings. The van der Waals surface area contributed by atoms with Crippen molar-refractivity contribution < 1.29 is 9.13 Å². The second kappa shape index (κ2) is 6.10. The molecule has 3 aliphatic heterocycles. The minimum Gasteiger partial charge on any atom is -0.383 e. The van der Waals surface area contributed by atoms with Crippen LogP contribution in [0.15, 0.2) is 12.3 Å². The lowest BCUT2D eigenvalue weighted by atomic mass is 9.86. The van der Waals surface area contributed by atoms with Crippen LogP contribution in [-0.2, 0) is 23.6 Å². The van der Waals surface area contributed by atoms with E-state index >= 15 is 0 Å². The van der Waals surface area contributed by atoms with Crippen LogP contribution in [0.4, 0.5) is 16.0 Å². The number of nitrogens with two attached hydrogens (primary N) is 1. The molecule has 2 bridgehead atoms. The number of nitrogens with zero attached hydrogens (tertiary/aromatic N) is 6. The van der Waals surface area contributed by atoms with Crippen LogP contribution in [0.1, 0.15) is 38.1 Å². The molecule has 0 spiro atoms. The zero-order valence-electron chi connectivity index (χ0n) is 17.1. The molecule has 0 aromatic carbocycles. The maximum Gasteiger partial charge on any atom is 0.166 e. The van der Waals surface area contributed by atoms with Gasteiger partial charge in [-0.1, -0.05) is 0 Å². The van der Waals surface area contributed by atoms with Gasteiger partial charge in [0.25, 0.3) is 0 Å². The molecule has 2 N–H and O–H groups in total. The van der Waals surface area contributed by atoms with Gasteiger partial charge in [0.1, 0.15) is 23.9 Å². The third-order valence-corrected chi connectivity index (χ3v) is 6.67. The zero-order valence-corrected chi connectivity index (χ0v) is 17.1. The number of nitrogen functional groups attached to an aromatic ring is 1. The van der Waals surface area contributed by atoms with Gasteiger partial charge in [0.15, 0.2) is 22.8 Å². The van der Waals surface area contributed by atoms with Crippen molar-refractivity contribution in [3.8, 4) is 11.4 Å². The van der Waals surface area contributed by atoms with Gasteiger partial charge in [-0.3, -0.25) is 0 Å². The standard InChI is InChI=1S/C21H24FN7O/c1-21(2)20-25-15-18(28(20)3-4-30-21)26-17(13-7-12(8-22)16(23)24-9-13)27-19(15)29-10-11-5-14(29)6-11/h7,9,11,14H,3-6,8,10H2,1-2H3,(H2,23,24). The molecular formula is C21H24FN7O. The summed E-state index contributed by atoms with van der Waals surface area (Å²) in [5, 5.41) is 0. The van der Waals surface area contributed by atoms with E-state index in [1.165, 1.54) is 12.8 Å². The van der Waals surface area contributed by atoms with Crippen molar-refractivity contribution in [2.45, 2.75) is 51.6 Å². The van der Waals surface area contributed by atoms with Crippen molar-refractivity contribution in [2.75, 3.05) is 23.8 Å². The molecule has 3 fully saturated rings. The second-order valence-electron chi connectivity index (χ2n) is 9.03. The molecule has 7 rings (SSSR count). The summed E-state index contributed by atoms with van der Waals surface area (Å²) in [6.45, 7) is 5.67. The Bertz CT molecular complexity index is 1170. The highest BCUT2D eigenvalue weighted by Crippen LogP contribution is 2.45. The van der Waals surface area contributed by atoms with E-state index in [2.05, 4.69) is 14.5 Å². The predicted octanol–water partition coefficient (Wildman–Crippen LogP) is 2.80. The van der Waals surface area contributed by atoms with Gasteiger partial charge in [0.05, 0.1) is 6.61 Å². The molecule has 0 radical (unpaired) electrons. The summed E-state index contributed by atoms with van der Waals surface area (Å²) in [4.78, 5) is 21.3. The molecule has 0 atom stereocenters. The Morgan fingerprint density at radius 3 is 2.83 bits per heavy atom. The summed E-state index contributed by atoms with van der Waals surface area (Å²) in [7, 11) is 0. The van der Waals surface area contributed by atoms with Crippen molar-refractivity contribution >= 4 is 22.8 Å². The fourth-order valence-electron chi connectivity index (χ4n) is 4.98. The van der Waals surface area contributed by atoms with E-state index in [0.717, 1.165) is 35.3 Å². The first-order valence-electron chi connectivity index (χ1n) is 10.4. The van der Waals surface area contributed by atoms with Crippen molar-refractivity contribution in [2.24, 2.45) is 5.92 Å². The largest absolute Gasteiger partial charge is 0.383 e. The van der Waals surface area contributed by atoms with Crippen LogP contribution in [0.2, 0.25) is 0 Å². The number of hydrogen-bond acceptors (Lipinski definition) is 7. The van der Waals surface area contributed by atoms with Gasteiger partial charge in [-0.05, 0) is 38.7 Å². The van der Waals surface area contributed by atoms with Crippen molar-refractivity contribution in [1.29, 1.82) is 0 Å². The van der Waals surface area contributed by atoms with E-state index in [0.29, 0.717) is 36.1 Å². The summed E-state index contributed by atoms with van der Waals surface area (Å²) in [6, 6.07) is 2.20. The highest BCUT2D eigenvalue weighted by Gasteiger charge is 2.45. The molecule has 6 heterocycles. The number of hydrogen-bond donors (Lipinski definition) is 1. The van der Waals surface area contributed by atoms with E-state index in [4.69, 9.17) is 25.4 Å². The molecule has 9 heteroatoms. The molecule has 1 aliphatic carbocycles. The minimum atomic E-state index is -0.675. The number of anilines is 2. The number of pyridine rings is 1. The Morgan fingerprint density at radius 2 is 2.10 bits per heavy atom. The van der Waals surface area contributed by atoms with Gasteiger partial charge in [-0.15, -0.1) is 0 Å². The number of halogens is 1. The van der Waals surface area contributed by atoms with E-state index in [9.17, 15) is 4.39 Å². The van der Waals surface area contributed by atoms with Crippen molar-refractivity contribution in [3.05, 3.63) is 23.7 Å². The highest BCUT2D eigenvalue weighted by atomic mass is 19.1. The lowest BCUT2D eigenvalue weighted by Gasteiger charge is -2.30. The Labute approximate surface area is 173 Å². The van der Waals surface area contributed by atoms with Gasteiger partial charge in [0.2, 0.25) is 0 Å². The third-order valence-electron chi connectivity index (χ3n) is 6.67. The topological polar surface area (TPSA) is 95.0 Å². The van der Waals surface area contributed by atoms with Crippen LogP contribution in [0.3, 0.4) is 0 Å². The zero-order chi connectivity index (χ0) is 20.6. The maximum atomic E-state index is 13.4. The Kier molecular flexibility index (Phi) is 3.66. The fraction of sp³-hybridized carbons (Fsp3) is 0.524. The van der Waals surface area contributed by atoms with Gasteiger partial charge in [0, 0.05) is 36.5 Å². The molecule has 156 valence electrons. The van der Waals surface area contributed by atoms with Crippen LogP contribution in [0.25, 0.3) is 22.6 Å². The minimum absolute atomic E-state index is 0.198. The summed E-state index contributed by atoms with van der Waals surface area (Å²) >= 11 is 0. The van der Waals surface area contributed by atoms with Crippen LogP contribution >= 0.6 is 0 Å². The Balaban J connectivity index is 1.59. The number of ether oxygens (including phenoxy) is 1. The van der Waals surface area contributed by atoms with Crippen LogP contribution in [0.5, 0.6) is 0 Å². The molecule has 0 amide bonds. The van der Waals surface area contributed by atoms with Crippen LogP contribution in [-0.4, -0.2) is 43.7 Å². The summed E-state index contributed by atoms with van der Waals surface area (Å²) in [5.74, 6) is 3.18. The second-order valence-corrected chi connectivity index (χ2v) is 9.03. The van der Waals surface area contributed by atoms with E-state index in [1.807, 2.05) is 13.8 Å². The predicted molar refractivity (Wildman–Crippen MR) is 111 cm³/mol. The average Bonchev–Trinajstić information content (AvgIpc) is 3.40. The quantitative estimate of drug-likeness (QED) is 0.711. The lowest BCUT2D eigenvalue weighted by Crippen LogP contribution is -2.33. The van der Waals surface area contributed by atoms with Gasteiger partial charge >= 0.3 is 0 Å². The molecular weight excluding hydrogens is 385 g/mol. The van der Waals surface area contributed by atoms with Crippen molar-refractivity contribution in [3.63, 3.8) is 0 Å². The Hall–Kier alpha value is -2.81. The SMILES string of the molecule is CC1(C)OCCn2c1nc1c(N3CC4CC3C4)nc(-c3cnc(N)c(CF)c3)nc12. The molecule has 8 nitrogen and oxygen atoms in total. The smallest absolute Gasteiger partial charge is 0.166 e. The monoisotopic (exact) mass is 409 g/mol. The molecule has 1 saturated carbocycles. The highest BCUT2D eigenvalue weighted by molar-refractivity contribution is 5.87. The molecule has 3 aromatic rings. The Morgan fingerprint density at radius 1 is 1.27 bits per heavy atom. The maximum absolute atomic E-state index is 13.4. The number of imidazole rings is 1. The third kappa shape index (κ3) is 2.47. The van der Waals surface area contributed by atoms with E-state index in [-0.39, 0.29) is 5.82 Å². The van der Waals surface area contributed by atoms with E-state index in [1.54, 1.807) is 12.3 Å². The van der Waals surface area contributed by atoms with Gasteiger partial charge in [-0.2, -0.15) is 0 Å². The van der Waals surface area contributed by atoms with Gasteiger partial charge < -0.3 is 19.9 Å². The average molecular weight is 409 g/mol. The molecule has 0 unspecified atom stereocenters. The number of fused-ring (bicyclic) bond motifs is 4. The molecule has 2 saturated heterocycles. The first-order chi connectivity index (χ1) is 14.4. The first kappa shape index (κ1) is 18.0. The lowest BCUT2D eigenvalue weighted by molar-refractivity contribution is -0.0530. The molecule has 3 aromatic heterocycles. The normalized spacial score (nSPS) is 24.2. The number of rotatable bonds is 3. The molecule has 30 heavy (non-hydrogen) atoms. The van der Waals surface area contributed by atoms with Crippen LogP contribution in [0, 0.1) is 5.92 Å². The summed E-state index contributed by atoms with van der Waals surface area (Å²) in [6.07, 6.45) is 4.03. The fourth-order valence-corrected chi connectivity index (χ4v) is 4.98. The van der Waals surface area contributed by atoms with E-state index < -0.39 is 12.3 Å². The first-order valence-corrected chi connectivity index (χ1v) is 10.4. The van der Waals surface area contributed by atoms with Crippen molar-refractivity contribution in [1.82, 2.24) is 24.5 Å². The summed E-state index contributed by atoms with van der Waals surface area (Å²) < 4.78 is 21.5. The van der Waals surface area contributed by atoms with Gasteiger partial charge in [-0.25, -0.2) is 24.3 Å². The number of aromatic nitrogens is 5.